The monoisotopic (exact) mass is 457 g/mol. The van der Waals surface area contributed by atoms with Crippen LogP contribution in [-0.2, 0) is 11.2 Å². The SMILES string of the molecule is C=CCNC(=O)C(C)Sc1nc2sc3c(c2c(=O)n1-c1cccc(C)c1)CCCS3. The van der Waals surface area contributed by atoms with Gasteiger partial charge < -0.3 is 5.32 Å². The number of rotatable bonds is 6. The van der Waals surface area contributed by atoms with Gasteiger partial charge in [-0.3, -0.25) is 14.2 Å². The van der Waals surface area contributed by atoms with Crippen molar-refractivity contribution < 1.29 is 4.79 Å². The molecule has 1 unspecified atom stereocenters. The van der Waals surface area contributed by atoms with Crippen LogP contribution < -0.4 is 10.9 Å². The Bertz CT molecular complexity index is 1180. The highest BCUT2D eigenvalue weighted by atomic mass is 32.2. The van der Waals surface area contributed by atoms with Crippen LogP contribution in [-0.4, -0.2) is 33.0 Å². The van der Waals surface area contributed by atoms with Crippen molar-refractivity contribution in [1.82, 2.24) is 14.9 Å². The lowest BCUT2D eigenvalue weighted by Crippen LogP contribution is -2.32. The Morgan fingerprint density at radius 3 is 3.07 bits per heavy atom. The van der Waals surface area contributed by atoms with Gasteiger partial charge in [-0.2, -0.15) is 0 Å². The van der Waals surface area contributed by atoms with Crippen molar-refractivity contribution in [1.29, 1.82) is 0 Å². The van der Waals surface area contributed by atoms with E-state index in [0.29, 0.717) is 11.7 Å². The fourth-order valence-electron chi connectivity index (χ4n) is 3.43. The second-order valence-electron chi connectivity index (χ2n) is 7.17. The zero-order valence-electron chi connectivity index (χ0n) is 16.9. The van der Waals surface area contributed by atoms with Gasteiger partial charge in [-0.1, -0.05) is 30.0 Å². The van der Waals surface area contributed by atoms with Gasteiger partial charge in [0.25, 0.3) is 5.56 Å². The van der Waals surface area contributed by atoms with Crippen molar-refractivity contribution in [2.75, 3.05) is 12.3 Å². The van der Waals surface area contributed by atoms with Gasteiger partial charge in [-0.25, -0.2) is 4.98 Å². The Hall–Kier alpha value is -2.03. The number of hydrogen-bond donors (Lipinski definition) is 1. The van der Waals surface area contributed by atoms with E-state index in [4.69, 9.17) is 4.98 Å². The molecule has 156 valence electrons. The van der Waals surface area contributed by atoms with Crippen LogP contribution >= 0.6 is 34.9 Å². The molecule has 1 amide bonds. The number of amides is 1. The number of thioether (sulfide) groups is 2. The van der Waals surface area contributed by atoms with Crippen molar-refractivity contribution in [3.8, 4) is 5.69 Å². The van der Waals surface area contributed by atoms with Crippen LogP contribution in [0.15, 0.2) is 51.1 Å². The zero-order valence-corrected chi connectivity index (χ0v) is 19.4. The highest BCUT2D eigenvalue weighted by Crippen LogP contribution is 2.41. The van der Waals surface area contributed by atoms with Gasteiger partial charge >= 0.3 is 0 Å². The Morgan fingerprint density at radius 1 is 1.47 bits per heavy atom. The molecule has 1 aliphatic heterocycles. The number of carbonyl (C=O) groups is 1. The number of nitrogens with zero attached hydrogens (tertiary/aromatic N) is 2. The summed E-state index contributed by atoms with van der Waals surface area (Å²) in [6.45, 7) is 7.88. The lowest BCUT2D eigenvalue weighted by atomic mass is 10.1. The predicted molar refractivity (Wildman–Crippen MR) is 128 cm³/mol. The highest BCUT2D eigenvalue weighted by Gasteiger charge is 2.25. The standard InChI is InChI=1S/C22H23N3O2S3/c1-4-10-23-18(26)14(3)29-22-24-19-17(16-9-6-11-28-21(16)30-19)20(27)25(22)15-8-5-7-13(2)12-15/h4-5,7-8,12,14H,1,6,9-11H2,2-3H3,(H,23,26). The highest BCUT2D eigenvalue weighted by molar-refractivity contribution is 8.01. The van der Waals surface area contributed by atoms with Crippen molar-refractivity contribution in [3.63, 3.8) is 0 Å². The zero-order chi connectivity index (χ0) is 21.3. The summed E-state index contributed by atoms with van der Waals surface area (Å²) >= 11 is 4.72. The summed E-state index contributed by atoms with van der Waals surface area (Å²) in [6.07, 6.45) is 3.64. The summed E-state index contributed by atoms with van der Waals surface area (Å²) in [5.74, 6) is 0.972. The van der Waals surface area contributed by atoms with Crippen LogP contribution in [0.1, 0.15) is 24.5 Å². The van der Waals surface area contributed by atoms with Crippen molar-refractivity contribution >= 4 is 51.0 Å². The number of fused-ring (bicyclic) bond motifs is 3. The van der Waals surface area contributed by atoms with Gasteiger partial charge in [0.05, 0.1) is 20.5 Å². The smallest absolute Gasteiger partial charge is 0.267 e. The Labute approximate surface area is 188 Å². The maximum absolute atomic E-state index is 13.7. The fourth-order valence-corrected chi connectivity index (χ4v) is 6.95. The molecule has 0 spiro atoms. The molecule has 4 rings (SSSR count). The molecule has 1 aliphatic rings. The van der Waals surface area contributed by atoms with Gasteiger partial charge in [-0.15, -0.1) is 29.7 Å². The van der Waals surface area contributed by atoms with E-state index < -0.39 is 5.25 Å². The maximum atomic E-state index is 13.7. The van der Waals surface area contributed by atoms with E-state index in [1.807, 2.05) is 49.9 Å². The molecule has 0 saturated carbocycles. The van der Waals surface area contributed by atoms with E-state index >= 15 is 0 Å². The minimum absolute atomic E-state index is 0.0493. The number of hydrogen-bond acceptors (Lipinski definition) is 6. The second-order valence-corrected chi connectivity index (χ2v) is 10.8. The van der Waals surface area contributed by atoms with Crippen LogP contribution in [0.5, 0.6) is 0 Å². The Morgan fingerprint density at radius 2 is 2.30 bits per heavy atom. The van der Waals surface area contributed by atoms with E-state index in [1.54, 1.807) is 22.0 Å². The molecule has 1 atom stereocenters. The van der Waals surface area contributed by atoms with Crippen LogP contribution in [0.4, 0.5) is 0 Å². The summed E-state index contributed by atoms with van der Waals surface area (Å²) in [5, 5.41) is 3.70. The number of aromatic nitrogens is 2. The summed E-state index contributed by atoms with van der Waals surface area (Å²) < 4.78 is 2.87. The molecule has 1 aromatic carbocycles. The third-order valence-electron chi connectivity index (χ3n) is 4.89. The number of thiophene rings is 1. The molecular formula is C22H23N3O2S3. The van der Waals surface area contributed by atoms with Gasteiger partial charge in [0.2, 0.25) is 5.91 Å². The van der Waals surface area contributed by atoms with Gasteiger partial charge in [0, 0.05) is 6.54 Å². The lowest BCUT2D eigenvalue weighted by molar-refractivity contribution is -0.120. The number of carbonyl (C=O) groups excluding carboxylic acids is 1. The van der Waals surface area contributed by atoms with Crippen LogP contribution in [0.25, 0.3) is 15.9 Å². The molecule has 2 aromatic heterocycles. The average molecular weight is 458 g/mol. The fraction of sp³-hybridized carbons (Fsp3) is 0.318. The number of benzene rings is 1. The first-order valence-corrected chi connectivity index (χ1v) is 12.5. The quantitative estimate of drug-likeness (QED) is 0.334. The minimum atomic E-state index is -0.394. The largest absolute Gasteiger partial charge is 0.352 e. The molecule has 0 radical (unpaired) electrons. The maximum Gasteiger partial charge on any atom is 0.267 e. The molecule has 30 heavy (non-hydrogen) atoms. The molecular weight excluding hydrogens is 434 g/mol. The van der Waals surface area contributed by atoms with Gasteiger partial charge in [0.15, 0.2) is 5.16 Å². The van der Waals surface area contributed by atoms with E-state index in [-0.39, 0.29) is 11.5 Å². The third kappa shape index (κ3) is 4.08. The first kappa shape index (κ1) is 21.2. The van der Waals surface area contributed by atoms with Crippen LogP contribution in [0.3, 0.4) is 0 Å². The molecule has 0 bridgehead atoms. The summed E-state index contributed by atoms with van der Waals surface area (Å²) in [5.41, 5.74) is 2.93. The van der Waals surface area contributed by atoms with E-state index in [0.717, 1.165) is 45.6 Å². The molecule has 5 nitrogen and oxygen atoms in total. The third-order valence-corrected chi connectivity index (χ3v) is 8.47. The average Bonchev–Trinajstić information content (AvgIpc) is 3.10. The molecule has 3 heterocycles. The number of nitrogens with one attached hydrogen (secondary N) is 1. The normalized spacial score (nSPS) is 14.3. The molecule has 3 aromatic rings. The number of aryl methyl sites for hydroxylation is 2. The van der Waals surface area contributed by atoms with Crippen molar-refractivity contribution in [3.05, 3.63) is 58.4 Å². The van der Waals surface area contributed by atoms with Crippen molar-refractivity contribution in [2.24, 2.45) is 0 Å². The van der Waals surface area contributed by atoms with E-state index in [2.05, 4.69) is 11.9 Å². The lowest BCUT2D eigenvalue weighted by Gasteiger charge is -2.16. The van der Waals surface area contributed by atoms with Crippen LogP contribution in [0.2, 0.25) is 0 Å². The second kappa shape index (κ2) is 8.99. The minimum Gasteiger partial charge on any atom is -0.352 e. The van der Waals surface area contributed by atoms with Gasteiger partial charge in [-0.05, 0) is 55.7 Å². The summed E-state index contributed by atoms with van der Waals surface area (Å²) in [6, 6.07) is 7.84. The van der Waals surface area contributed by atoms with Crippen LogP contribution in [0, 0.1) is 6.92 Å². The molecule has 8 heteroatoms. The summed E-state index contributed by atoms with van der Waals surface area (Å²) in [4.78, 5) is 31.8. The van der Waals surface area contributed by atoms with E-state index in [9.17, 15) is 9.59 Å². The molecule has 0 saturated heterocycles. The Kier molecular flexibility index (Phi) is 6.36. The molecule has 0 aliphatic carbocycles. The molecule has 0 fully saturated rings. The van der Waals surface area contributed by atoms with E-state index in [1.165, 1.54) is 16.0 Å². The topological polar surface area (TPSA) is 64.0 Å². The first-order chi connectivity index (χ1) is 14.5. The van der Waals surface area contributed by atoms with Gasteiger partial charge in [0.1, 0.15) is 4.83 Å². The Balaban J connectivity index is 1.87. The van der Waals surface area contributed by atoms with Crippen molar-refractivity contribution in [2.45, 2.75) is 41.3 Å². The molecule has 1 N–H and O–H groups in total. The summed E-state index contributed by atoms with van der Waals surface area (Å²) in [7, 11) is 0. The predicted octanol–water partition coefficient (Wildman–Crippen LogP) is 4.58. The first-order valence-electron chi connectivity index (χ1n) is 9.83.